The maximum atomic E-state index is 13.6. The quantitative estimate of drug-likeness (QED) is 0.864. The average molecular weight is 336 g/mol. The third kappa shape index (κ3) is 3.07. The molecule has 1 N–H and O–H groups in total. The molecule has 0 aliphatic rings. The number of rotatable bonds is 3. The average Bonchev–Trinajstić information content (AvgIpc) is 2.41. The summed E-state index contributed by atoms with van der Waals surface area (Å²) in [6, 6.07) is 9.86. The first kappa shape index (κ1) is 14.7. The van der Waals surface area contributed by atoms with Crippen LogP contribution in [0.15, 0.2) is 40.9 Å². The zero-order chi connectivity index (χ0) is 14.7. The Kier molecular flexibility index (Phi) is 4.55. The second-order valence-electron chi connectivity index (χ2n) is 4.54. The fraction of sp³-hybridized carbons (Fsp3) is 0.188. The molecular weight excluding hydrogens is 321 g/mol. The van der Waals surface area contributed by atoms with E-state index in [0.29, 0.717) is 0 Å². The standard InChI is InChI=1S/C16H15BrFNO/c1-3-11-9-12(17)8-10(2)15(11)19-16(20)13-6-4-5-7-14(13)18/h4-9H,3H2,1-2H3,(H,19,20). The predicted octanol–water partition coefficient (Wildman–Crippen LogP) is 4.71. The van der Waals surface area contributed by atoms with Crippen molar-refractivity contribution in [2.45, 2.75) is 20.3 Å². The SMILES string of the molecule is CCc1cc(Br)cc(C)c1NC(=O)c1ccccc1F. The van der Waals surface area contributed by atoms with E-state index in [1.165, 1.54) is 12.1 Å². The van der Waals surface area contributed by atoms with Crippen LogP contribution in [0.5, 0.6) is 0 Å². The minimum Gasteiger partial charge on any atom is -0.321 e. The summed E-state index contributed by atoms with van der Waals surface area (Å²) in [4.78, 5) is 12.2. The summed E-state index contributed by atoms with van der Waals surface area (Å²) in [7, 11) is 0. The Balaban J connectivity index is 2.35. The number of amides is 1. The van der Waals surface area contributed by atoms with Crippen molar-refractivity contribution in [3.8, 4) is 0 Å². The van der Waals surface area contributed by atoms with Gasteiger partial charge in [0.15, 0.2) is 0 Å². The number of benzene rings is 2. The zero-order valence-corrected chi connectivity index (χ0v) is 12.9. The van der Waals surface area contributed by atoms with Gasteiger partial charge in [0.25, 0.3) is 5.91 Å². The van der Waals surface area contributed by atoms with Gasteiger partial charge in [-0.3, -0.25) is 4.79 Å². The topological polar surface area (TPSA) is 29.1 Å². The molecule has 0 radical (unpaired) electrons. The number of carbonyl (C=O) groups excluding carboxylic acids is 1. The van der Waals surface area contributed by atoms with Gasteiger partial charge in [-0.2, -0.15) is 0 Å². The maximum absolute atomic E-state index is 13.6. The zero-order valence-electron chi connectivity index (χ0n) is 11.3. The Morgan fingerprint density at radius 1 is 1.30 bits per heavy atom. The van der Waals surface area contributed by atoms with Gasteiger partial charge < -0.3 is 5.32 Å². The van der Waals surface area contributed by atoms with Crippen LogP contribution in [0.4, 0.5) is 10.1 Å². The summed E-state index contributed by atoms with van der Waals surface area (Å²) in [6.07, 6.45) is 0.785. The number of hydrogen-bond acceptors (Lipinski definition) is 1. The van der Waals surface area contributed by atoms with E-state index in [0.717, 1.165) is 27.7 Å². The van der Waals surface area contributed by atoms with Gasteiger partial charge in [0.05, 0.1) is 5.56 Å². The highest BCUT2D eigenvalue weighted by molar-refractivity contribution is 9.10. The molecule has 2 rings (SSSR count). The number of aryl methyl sites for hydroxylation is 2. The lowest BCUT2D eigenvalue weighted by Crippen LogP contribution is -2.15. The number of hydrogen-bond donors (Lipinski definition) is 1. The molecule has 0 atom stereocenters. The summed E-state index contributed by atoms with van der Waals surface area (Å²) in [5.74, 6) is -0.943. The van der Waals surface area contributed by atoms with Crippen molar-refractivity contribution < 1.29 is 9.18 Å². The highest BCUT2D eigenvalue weighted by atomic mass is 79.9. The summed E-state index contributed by atoms with van der Waals surface area (Å²) >= 11 is 3.44. The highest BCUT2D eigenvalue weighted by Gasteiger charge is 2.14. The molecule has 0 saturated heterocycles. The molecule has 104 valence electrons. The number of anilines is 1. The van der Waals surface area contributed by atoms with E-state index in [9.17, 15) is 9.18 Å². The van der Waals surface area contributed by atoms with E-state index in [2.05, 4.69) is 21.2 Å². The summed E-state index contributed by atoms with van der Waals surface area (Å²) in [6.45, 7) is 3.93. The molecule has 2 aromatic carbocycles. The van der Waals surface area contributed by atoms with Gasteiger partial charge in [-0.05, 0) is 48.7 Å². The van der Waals surface area contributed by atoms with Gasteiger partial charge in [-0.25, -0.2) is 4.39 Å². The van der Waals surface area contributed by atoms with E-state index in [-0.39, 0.29) is 5.56 Å². The summed E-state index contributed by atoms with van der Waals surface area (Å²) in [5.41, 5.74) is 2.77. The lowest BCUT2D eigenvalue weighted by molar-refractivity contribution is 0.102. The minimum atomic E-state index is -0.516. The molecule has 2 aromatic rings. The molecule has 0 fully saturated rings. The third-order valence-electron chi connectivity index (χ3n) is 3.12. The Labute approximate surface area is 126 Å². The smallest absolute Gasteiger partial charge is 0.258 e. The predicted molar refractivity (Wildman–Crippen MR) is 82.6 cm³/mol. The van der Waals surface area contributed by atoms with Gasteiger partial charge >= 0.3 is 0 Å². The molecule has 20 heavy (non-hydrogen) atoms. The van der Waals surface area contributed by atoms with Crippen LogP contribution in [-0.2, 0) is 6.42 Å². The largest absolute Gasteiger partial charge is 0.321 e. The normalized spacial score (nSPS) is 10.4. The van der Waals surface area contributed by atoms with Crippen LogP contribution in [-0.4, -0.2) is 5.91 Å². The highest BCUT2D eigenvalue weighted by Crippen LogP contribution is 2.27. The molecule has 0 unspecified atom stereocenters. The minimum absolute atomic E-state index is 0.0527. The van der Waals surface area contributed by atoms with Crippen LogP contribution in [0.25, 0.3) is 0 Å². The van der Waals surface area contributed by atoms with Gasteiger partial charge in [-0.1, -0.05) is 35.0 Å². The fourth-order valence-corrected chi connectivity index (χ4v) is 2.72. The van der Waals surface area contributed by atoms with Crippen LogP contribution in [0.2, 0.25) is 0 Å². The van der Waals surface area contributed by atoms with Crippen LogP contribution < -0.4 is 5.32 Å². The number of halogens is 2. The van der Waals surface area contributed by atoms with Gasteiger partial charge in [0.1, 0.15) is 5.82 Å². The molecular formula is C16H15BrFNO. The molecule has 0 spiro atoms. The van der Waals surface area contributed by atoms with Crippen molar-refractivity contribution in [1.82, 2.24) is 0 Å². The van der Waals surface area contributed by atoms with Crippen molar-refractivity contribution in [3.63, 3.8) is 0 Å². The first-order valence-corrected chi connectivity index (χ1v) is 7.17. The second-order valence-corrected chi connectivity index (χ2v) is 5.46. The molecule has 1 amide bonds. The molecule has 0 aromatic heterocycles. The maximum Gasteiger partial charge on any atom is 0.258 e. The van der Waals surface area contributed by atoms with Gasteiger partial charge in [-0.15, -0.1) is 0 Å². The molecule has 0 heterocycles. The Hall–Kier alpha value is -1.68. The first-order valence-electron chi connectivity index (χ1n) is 6.37. The summed E-state index contributed by atoms with van der Waals surface area (Å²) in [5, 5.41) is 2.81. The van der Waals surface area contributed by atoms with E-state index in [4.69, 9.17) is 0 Å². The van der Waals surface area contributed by atoms with E-state index >= 15 is 0 Å². The molecule has 0 saturated carbocycles. The van der Waals surface area contributed by atoms with Crippen molar-refractivity contribution in [1.29, 1.82) is 0 Å². The van der Waals surface area contributed by atoms with Crippen LogP contribution in [0.1, 0.15) is 28.4 Å². The fourth-order valence-electron chi connectivity index (χ4n) is 2.10. The number of carbonyl (C=O) groups is 1. The lowest BCUT2D eigenvalue weighted by atomic mass is 10.1. The molecule has 0 bridgehead atoms. The van der Waals surface area contributed by atoms with E-state index in [1.807, 2.05) is 26.0 Å². The third-order valence-corrected chi connectivity index (χ3v) is 3.58. The van der Waals surface area contributed by atoms with Crippen LogP contribution >= 0.6 is 15.9 Å². The van der Waals surface area contributed by atoms with Crippen molar-refractivity contribution in [3.05, 3.63) is 63.4 Å². The Bertz CT molecular complexity index is 655. The number of nitrogens with one attached hydrogen (secondary N) is 1. The Morgan fingerprint density at radius 3 is 2.65 bits per heavy atom. The van der Waals surface area contributed by atoms with Crippen LogP contribution in [0, 0.1) is 12.7 Å². The van der Waals surface area contributed by atoms with E-state index < -0.39 is 11.7 Å². The molecule has 0 aliphatic carbocycles. The van der Waals surface area contributed by atoms with Crippen molar-refractivity contribution >= 4 is 27.5 Å². The van der Waals surface area contributed by atoms with Crippen molar-refractivity contribution in [2.24, 2.45) is 0 Å². The molecule has 2 nitrogen and oxygen atoms in total. The van der Waals surface area contributed by atoms with Gasteiger partial charge in [0, 0.05) is 10.2 Å². The monoisotopic (exact) mass is 335 g/mol. The van der Waals surface area contributed by atoms with Gasteiger partial charge in [0.2, 0.25) is 0 Å². The lowest BCUT2D eigenvalue weighted by Gasteiger charge is -2.14. The van der Waals surface area contributed by atoms with Crippen LogP contribution in [0.3, 0.4) is 0 Å². The Morgan fingerprint density at radius 2 is 2.00 bits per heavy atom. The molecule has 0 aliphatic heterocycles. The first-order chi connectivity index (χ1) is 9.52. The second kappa shape index (κ2) is 6.18. The van der Waals surface area contributed by atoms with E-state index in [1.54, 1.807) is 12.1 Å². The van der Waals surface area contributed by atoms with Crippen molar-refractivity contribution in [2.75, 3.05) is 5.32 Å². The molecule has 4 heteroatoms. The summed E-state index contributed by atoms with van der Waals surface area (Å²) < 4.78 is 14.6.